The van der Waals surface area contributed by atoms with Crippen molar-refractivity contribution < 1.29 is 9.53 Å². The number of nitrogens with one attached hydrogen (secondary N) is 1. The van der Waals surface area contributed by atoms with Crippen molar-refractivity contribution in [2.45, 2.75) is 25.4 Å². The maximum atomic E-state index is 12.8. The largest absolute Gasteiger partial charge is 0.383 e. The second-order valence-corrected chi connectivity index (χ2v) is 9.41. The number of aromatic nitrogens is 1. The minimum atomic E-state index is -0.144. The lowest BCUT2D eigenvalue weighted by molar-refractivity contribution is 0.102. The number of carbonyl (C=O) groups is 1. The molecule has 0 aliphatic carbocycles. The summed E-state index contributed by atoms with van der Waals surface area (Å²) in [5.41, 5.74) is 5.43. The van der Waals surface area contributed by atoms with Crippen LogP contribution in [0.4, 0.5) is 5.69 Å². The number of halogens is 1. The van der Waals surface area contributed by atoms with Crippen LogP contribution in [-0.2, 0) is 11.3 Å². The van der Waals surface area contributed by atoms with E-state index in [4.69, 9.17) is 21.3 Å². The Bertz CT molecular complexity index is 1320. The van der Waals surface area contributed by atoms with Crippen LogP contribution in [0.15, 0.2) is 78.9 Å². The Morgan fingerprint density at radius 3 is 2.51 bits per heavy atom. The first-order valence-electron chi connectivity index (χ1n) is 11.9. The molecule has 0 radical (unpaired) electrons. The molecular weight excluding hydrogens is 458 g/mol. The Morgan fingerprint density at radius 1 is 1.03 bits per heavy atom. The van der Waals surface area contributed by atoms with Crippen molar-refractivity contribution in [3.63, 3.8) is 0 Å². The SMILES string of the molecule is COC[C@@H]1CCCN1Cc1ccc2cc(NC(=O)c3ccc(-c4ccc(Cl)cc4)cc3)ccc2n1. The molecule has 2 heterocycles. The molecule has 4 aromatic rings. The van der Waals surface area contributed by atoms with E-state index >= 15 is 0 Å². The number of benzene rings is 3. The van der Waals surface area contributed by atoms with E-state index in [1.807, 2.05) is 66.7 Å². The number of nitrogens with zero attached hydrogens (tertiary/aromatic N) is 2. The van der Waals surface area contributed by atoms with Crippen LogP contribution in [0.3, 0.4) is 0 Å². The lowest BCUT2D eigenvalue weighted by Crippen LogP contribution is -2.32. The van der Waals surface area contributed by atoms with Crippen LogP contribution < -0.4 is 5.32 Å². The Labute approximate surface area is 210 Å². The van der Waals surface area contributed by atoms with Gasteiger partial charge < -0.3 is 10.1 Å². The first-order valence-corrected chi connectivity index (χ1v) is 12.3. The van der Waals surface area contributed by atoms with Gasteiger partial charge in [0, 0.05) is 41.4 Å². The third-order valence-electron chi connectivity index (χ3n) is 6.55. The van der Waals surface area contributed by atoms with Crippen LogP contribution in [0.2, 0.25) is 5.02 Å². The van der Waals surface area contributed by atoms with Crippen LogP contribution in [0, 0.1) is 0 Å². The molecule has 0 spiro atoms. The van der Waals surface area contributed by atoms with Crippen molar-refractivity contribution in [2.75, 3.05) is 25.6 Å². The number of anilines is 1. The van der Waals surface area contributed by atoms with Gasteiger partial charge in [0.15, 0.2) is 0 Å². The molecule has 1 amide bonds. The molecule has 1 N–H and O–H groups in total. The third-order valence-corrected chi connectivity index (χ3v) is 6.80. The average Bonchev–Trinajstić information content (AvgIpc) is 3.31. The molecule has 1 aliphatic rings. The predicted molar refractivity (Wildman–Crippen MR) is 142 cm³/mol. The highest BCUT2D eigenvalue weighted by molar-refractivity contribution is 6.30. The molecule has 5 rings (SSSR count). The molecule has 1 atom stereocenters. The summed E-state index contributed by atoms with van der Waals surface area (Å²) in [7, 11) is 1.76. The van der Waals surface area contributed by atoms with Crippen LogP contribution in [-0.4, -0.2) is 42.1 Å². The number of ether oxygens (including phenoxy) is 1. The van der Waals surface area contributed by atoms with E-state index in [1.165, 1.54) is 12.8 Å². The normalized spacial score (nSPS) is 16.0. The molecule has 0 saturated carbocycles. The summed E-state index contributed by atoms with van der Waals surface area (Å²) in [6.45, 7) is 2.67. The molecule has 1 saturated heterocycles. The summed E-state index contributed by atoms with van der Waals surface area (Å²) in [4.78, 5) is 20.1. The van der Waals surface area contributed by atoms with E-state index < -0.39 is 0 Å². The summed E-state index contributed by atoms with van der Waals surface area (Å²) in [5, 5.41) is 4.71. The fourth-order valence-electron chi connectivity index (χ4n) is 4.69. The van der Waals surface area contributed by atoms with Gasteiger partial charge in [-0.15, -0.1) is 0 Å². The number of hydrogen-bond donors (Lipinski definition) is 1. The fraction of sp³-hybridized carbons (Fsp3) is 0.241. The molecule has 178 valence electrons. The van der Waals surface area contributed by atoms with E-state index in [2.05, 4.69) is 22.3 Å². The summed E-state index contributed by atoms with van der Waals surface area (Å²) in [5.74, 6) is -0.144. The van der Waals surface area contributed by atoms with Crippen molar-refractivity contribution >= 4 is 34.1 Å². The van der Waals surface area contributed by atoms with Gasteiger partial charge in [-0.25, -0.2) is 0 Å². The Hall–Kier alpha value is -3.25. The number of rotatable bonds is 7. The van der Waals surface area contributed by atoms with Gasteiger partial charge in [0.2, 0.25) is 0 Å². The zero-order valence-corrected chi connectivity index (χ0v) is 20.5. The Balaban J connectivity index is 1.25. The number of carbonyl (C=O) groups excluding carboxylic acids is 1. The van der Waals surface area contributed by atoms with Crippen molar-refractivity contribution in [3.05, 3.63) is 95.1 Å². The van der Waals surface area contributed by atoms with Gasteiger partial charge >= 0.3 is 0 Å². The molecule has 1 aromatic heterocycles. The molecule has 1 fully saturated rings. The zero-order valence-electron chi connectivity index (χ0n) is 19.7. The van der Waals surface area contributed by atoms with Crippen LogP contribution >= 0.6 is 11.6 Å². The van der Waals surface area contributed by atoms with Gasteiger partial charge in [-0.2, -0.15) is 0 Å². The average molecular weight is 486 g/mol. The molecule has 5 nitrogen and oxygen atoms in total. The smallest absolute Gasteiger partial charge is 0.255 e. The second kappa shape index (κ2) is 10.6. The number of amides is 1. The second-order valence-electron chi connectivity index (χ2n) is 8.97. The van der Waals surface area contributed by atoms with Crippen molar-refractivity contribution in [2.24, 2.45) is 0 Å². The maximum Gasteiger partial charge on any atom is 0.255 e. The highest BCUT2D eigenvalue weighted by atomic mass is 35.5. The lowest BCUT2D eigenvalue weighted by Gasteiger charge is -2.23. The van der Waals surface area contributed by atoms with E-state index in [-0.39, 0.29) is 5.91 Å². The first kappa shape index (κ1) is 23.5. The standard InChI is InChI=1S/C29H28ClN3O2/c1-35-19-27-3-2-16-33(27)18-26-13-10-23-17-25(14-15-28(23)31-26)32-29(34)22-6-4-20(5-7-22)21-8-11-24(30)12-9-21/h4-15,17,27H,2-3,16,18-19H2,1H3,(H,32,34)/t27-/m0/s1. The van der Waals surface area contributed by atoms with Gasteiger partial charge in [0.25, 0.3) is 5.91 Å². The minimum Gasteiger partial charge on any atom is -0.383 e. The fourth-order valence-corrected chi connectivity index (χ4v) is 4.81. The van der Waals surface area contributed by atoms with E-state index in [0.29, 0.717) is 16.6 Å². The molecule has 0 unspecified atom stereocenters. The van der Waals surface area contributed by atoms with Gasteiger partial charge in [-0.05, 0) is 79.0 Å². The predicted octanol–water partition coefficient (Wildman–Crippen LogP) is 6.42. The summed E-state index contributed by atoms with van der Waals surface area (Å²) < 4.78 is 5.37. The Kier molecular flexibility index (Phi) is 7.09. The molecule has 0 bridgehead atoms. The van der Waals surface area contributed by atoms with E-state index in [9.17, 15) is 4.79 Å². The van der Waals surface area contributed by atoms with Crippen molar-refractivity contribution in [3.8, 4) is 11.1 Å². The van der Waals surface area contributed by atoms with Crippen LogP contribution in [0.1, 0.15) is 28.9 Å². The van der Waals surface area contributed by atoms with Crippen molar-refractivity contribution in [1.29, 1.82) is 0 Å². The number of pyridine rings is 1. The number of likely N-dealkylation sites (tertiary alicyclic amines) is 1. The summed E-state index contributed by atoms with van der Waals surface area (Å²) >= 11 is 5.97. The van der Waals surface area contributed by atoms with E-state index in [0.717, 1.165) is 53.1 Å². The molecule has 35 heavy (non-hydrogen) atoms. The zero-order chi connectivity index (χ0) is 24.2. The summed E-state index contributed by atoms with van der Waals surface area (Å²) in [6, 6.07) is 25.7. The minimum absolute atomic E-state index is 0.144. The Morgan fingerprint density at radius 2 is 1.77 bits per heavy atom. The monoisotopic (exact) mass is 485 g/mol. The highest BCUT2D eigenvalue weighted by Gasteiger charge is 2.24. The topological polar surface area (TPSA) is 54.5 Å². The van der Waals surface area contributed by atoms with Crippen molar-refractivity contribution in [1.82, 2.24) is 9.88 Å². The highest BCUT2D eigenvalue weighted by Crippen LogP contribution is 2.24. The first-order chi connectivity index (χ1) is 17.1. The quantitative estimate of drug-likeness (QED) is 0.328. The summed E-state index contributed by atoms with van der Waals surface area (Å²) in [6.07, 6.45) is 2.38. The number of methoxy groups -OCH3 is 1. The third kappa shape index (κ3) is 5.54. The lowest BCUT2D eigenvalue weighted by atomic mass is 10.0. The van der Waals surface area contributed by atoms with E-state index in [1.54, 1.807) is 7.11 Å². The van der Waals surface area contributed by atoms with Crippen LogP contribution in [0.5, 0.6) is 0 Å². The van der Waals surface area contributed by atoms with Gasteiger partial charge in [-0.3, -0.25) is 14.7 Å². The number of fused-ring (bicyclic) bond motifs is 1. The van der Waals surface area contributed by atoms with Crippen LogP contribution in [0.25, 0.3) is 22.0 Å². The van der Waals surface area contributed by atoms with Gasteiger partial charge in [0.1, 0.15) is 0 Å². The molecule has 3 aromatic carbocycles. The number of hydrogen-bond acceptors (Lipinski definition) is 4. The van der Waals surface area contributed by atoms with Gasteiger partial charge in [-0.1, -0.05) is 41.9 Å². The molecule has 1 aliphatic heterocycles. The maximum absolute atomic E-state index is 12.8. The van der Waals surface area contributed by atoms with Gasteiger partial charge in [0.05, 0.1) is 17.8 Å². The molecule has 6 heteroatoms. The molecular formula is C29H28ClN3O2.